The number of hydrogen-bond donors (Lipinski definition) is 1. The minimum Gasteiger partial charge on any atom is -0.493 e. The Kier molecular flexibility index (Phi) is 7.66. The van der Waals surface area contributed by atoms with Gasteiger partial charge in [-0.25, -0.2) is 4.79 Å². The van der Waals surface area contributed by atoms with Crippen molar-refractivity contribution < 1.29 is 43.1 Å². The molecule has 41 heavy (non-hydrogen) atoms. The molecule has 1 aliphatic heterocycles. The number of carbonyl (C=O) groups is 1. The van der Waals surface area contributed by atoms with Gasteiger partial charge in [0.15, 0.2) is 29.1 Å². The minimum absolute atomic E-state index is 0.0504. The zero-order valence-electron chi connectivity index (χ0n) is 24.5. The molecule has 2 aliphatic rings. The van der Waals surface area contributed by atoms with Crippen LogP contribution in [0.25, 0.3) is 11.1 Å². The zero-order chi connectivity index (χ0) is 29.5. The van der Waals surface area contributed by atoms with Crippen LogP contribution in [0.1, 0.15) is 53.9 Å². The van der Waals surface area contributed by atoms with Crippen molar-refractivity contribution in [1.29, 1.82) is 0 Å². The van der Waals surface area contributed by atoms with E-state index in [0.717, 1.165) is 17.5 Å². The van der Waals surface area contributed by atoms with Gasteiger partial charge < -0.3 is 38.3 Å². The van der Waals surface area contributed by atoms with Crippen LogP contribution in [0.2, 0.25) is 0 Å². The Balaban J connectivity index is 1.82. The molecule has 3 aromatic carbocycles. The van der Waals surface area contributed by atoms with Gasteiger partial charge in [-0.1, -0.05) is 26.0 Å². The third-order valence-corrected chi connectivity index (χ3v) is 8.18. The highest BCUT2D eigenvalue weighted by Gasteiger charge is 2.47. The molecule has 0 aromatic heterocycles. The van der Waals surface area contributed by atoms with Crippen LogP contribution in [-0.2, 0) is 17.6 Å². The second-order valence-corrected chi connectivity index (χ2v) is 10.5. The van der Waals surface area contributed by atoms with Crippen LogP contribution in [0.5, 0.6) is 34.5 Å². The molecule has 9 heteroatoms. The van der Waals surface area contributed by atoms with Crippen LogP contribution >= 0.6 is 0 Å². The van der Waals surface area contributed by atoms with Crippen molar-refractivity contribution >= 4 is 5.97 Å². The molecular formula is C32H36O9. The quantitative estimate of drug-likeness (QED) is 0.372. The molecule has 0 spiro atoms. The number of aryl methyl sites for hydroxylation is 1. The van der Waals surface area contributed by atoms with E-state index in [4.69, 9.17) is 33.2 Å². The van der Waals surface area contributed by atoms with E-state index in [2.05, 4.69) is 0 Å². The van der Waals surface area contributed by atoms with Crippen molar-refractivity contribution in [3.05, 3.63) is 58.7 Å². The average Bonchev–Trinajstić information content (AvgIpc) is 3.45. The summed E-state index contributed by atoms with van der Waals surface area (Å²) in [6, 6.07) is 10.9. The topological polar surface area (TPSA) is 102 Å². The van der Waals surface area contributed by atoms with Gasteiger partial charge in [-0.15, -0.1) is 0 Å². The SMILES string of the molecule is CCc1ccc(C(=O)O[C@H]2c3cc(OC)c(OC)c(OC)c3-c3c(cc4c(c3OC)OCO4)C[C@H](C)[C@]2(C)O)cc1. The first kappa shape index (κ1) is 28.4. The lowest BCUT2D eigenvalue weighted by Crippen LogP contribution is -2.43. The molecule has 5 rings (SSSR count). The fourth-order valence-corrected chi connectivity index (χ4v) is 5.68. The summed E-state index contributed by atoms with van der Waals surface area (Å²) < 4.78 is 41.1. The molecule has 218 valence electrons. The van der Waals surface area contributed by atoms with E-state index >= 15 is 0 Å². The first-order valence-corrected chi connectivity index (χ1v) is 13.5. The van der Waals surface area contributed by atoms with Crippen molar-refractivity contribution in [3.8, 4) is 45.6 Å². The van der Waals surface area contributed by atoms with E-state index < -0.39 is 17.7 Å². The normalized spacial score (nSPS) is 20.7. The summed E-state index contributed by atoms with van der Waals surface area (Å²) in [6.07, 6.45) is 0.132. The number of benzene rings is 3. The number of carbonyl (C=O) groups excluding carboxylic acids is 1. The van der Waals surface area contributed by atoms with Gasteiger partial charge in [0.05, 0.1) is 34.0 Å². The predicted octanol–water partition coefficient (Wildman–Crippen LogP) is 5.52. The van der Waals surface area contributed by atoms with Crippen molar-refractivity contribution in [1.82, 2.24) is 0 Å². The Morgan fingerprint density at radius 2 is 1.63 bits per heavy atom. The minimum atomic E-state index is -1.51. The average molecular weight is 565 g/mol. The van der Waals surface area contributed by atoms with E-state index in [1.54, 1.807) is 32.2 Å². The zero-order valence-corrected chi connectivity index (χ0v) is 24.5. The Morgan fingerprint density at radius 1 is 0.951 bits per heavy atom. The molecule has 1 aliphatic carbocycles. The van der Waals surface area contributed by atoms with Gasteiger partial charge in [0.2, 0.25) is 18.3 Å². The lowest BCUT2D eigenvalue weighted by molar-refractivity contribution is -0.107. The number of methoxy groups -OCH3 is 4. The van der Waals surface area contributed by atoms with Crippen LogP contribution in [0.4, 0.5) is 0 Å². The molecule has 0 amide bonds. The monoisotopic (exact) mass is 564 g/mol. The number of esters is 1. The number of hydrogen-bond acceptors (Lipinski definition) is 9. The molecule has 1 N–H and O–H groups in total. The lowest BCUT2D eigenvalue weighted by Gasteiger charge is -2.41. The largest absolute Gasteiger partial charge is 0.493 e. The van der Waals surface area contributed by atoms with Gasteiger partial charge >= 0.3 is 5.97 Å². The maximum atomic E-state index is 13.6. The molecule has 0 radical (unpaired) electrons. The number of fused-ring (bicyclic) bond motifs is 4. The standard InChI is InChI=1S/C32H36O9/c1-8-18-9-11-19(12-10-18)31(33)41-30-21-15-22(35-4)26(36-5)29(38-7)25(21)24-20(13-17(2)32(30,3)34)14-23-27(28(24)37-6)40-16-39-23/h9-12,14-15,17,30,34H,8,13,16H2,1-7H3/t17-,30-,32-/m0/s1. The smallest absolute Gasteiger partial charge is 0.338 e. The Hall–Kier alpha value is -4.11. The molecule has 0 unspecified atom stereocenters. The third-order valence-electron chi connectivity index (χ3n) is 8.18. The highest BCUT2D eigenvalue weighted by Crippen LogP contribution is 2.59. The molecule has 0 saturated heterocycles. The number of aliphatic hydroxyl groups is 1. The van der Waals surface area contributed by atoms with Gasteiger partial charge in [0, 0.05) is 16.7 Å². The highest BCUT2D eigenvalue weighted by molar-refractivity contribution is 5.91. The first-order valence-electron chi connectivity index (χ1n) is 13.5. The summed E-state index contributed by atoms with van der Waals surface area (Å²) in [6.45, 7) is 5.69. The first-order chi connectivity index (χ1) is 19.7. The summed E-state index contributed by atoms with van der Waals surface area (Å²) in [5.74, 6) is 1.53. The van der Waals surface area contributed by atoms with Crippen molar-refractivity contribution in [2.24, 2.45) is 5.92 Å². The van der Waals surface area contributed by atoms with E-state index in [1.807, 2.05) is 32.0 Å². The molecule has 9 nitrogen and oxygen atoms in total. The van der Waals surface area contributed by atoms with E-state index in [0.29, 0.717) is 63.2 Å². The van der Waals surface area contributed by atoms with Crippen molar-refractivity contribution in [3.63, 3.8) is 0 Å². The Bertz CT molecular complexity index is 1460. The van der Waals surface area contributed by atoms with Crippen molar-refractivity contribution in [2.75, 3.05) is 35.2 Å². The molecule has 0 saturated carbocycles. The van der Waals surface area contributed by atoms with E-state index in [1.165, 1.54) is 21.3 Å². The third kappa shape index (κ3) is 4.68. The maximum Gasteiger partial charge on any atom is 0.338 e. The summed E-state index contributed by atoms with van der Waals surface area (Å²) in [5.41, 5.74) is 2.46. The van der Waals surface area contributed by atoms with Gasteiger partial charge in [0.25, 0.3) is 0 Å². The van der Waals surface area contributed by atoms with Gasteiger partial charge in [0.1, 0.15) is 5.60 Å². The Labute approximate surface area is 239 Å². The molecule has 3 aromatic rings. The number of ether oxygens (including phenoxy) is 7. The highest BCUT2D eigenvalue weighted by atomic mass is 16.7. The van der Waals surface area contributed by atoms with Crippen molar-refractivity contribution in [2.45, 2.75) is 45.3 Å². The van der Waals surface area contributed by atoms with Crippen LogP contribution in [0.15, 0.2) is 36.4 Å². The van der Waals surface area contributed by atoms with Crippen LogP contribution < -0.4 is 28.4 Å². The van der Waals surface area contributed by atoms with Gasteiger partial charge in [-0.05, 0) is 61.1 Å². The van der Waals surface area contributed by atoms with E-state index in [9.17, 15) is 9.90 Å². The molecule has 1 heterocycles. The summed E-state index contributed by atoms with van der Waals surface area (Å²) in [5, 5.41) is 12.2. The maximum absolute atomic E-state index is 13.6. The second-order valence-electron chi connectivity index (χ2n) is 10.5. The second kappa shape index (κ2) is 11.0. The van der Waals surface area contributed by atoms with Gasteiger partial charge in [-0.3, -0.25) is 0 Å². The summed E-state index contributed by atoms with van der Waals surface area (Å²) in [4.78, 5) is 13.6. The molecule has 3 atom stereocenters. The summed E-state index contributed by atoms with van der Waals surface area (Å²) in [7, 11) is 6.10. The lowest BCUT2D eigenvalue weighted by atomic mass is 9.73. The fraction of sp³-hybridized carbons (Fsp3) is 0.406. The Morgan fingerprint density at radius 3 is 2.24 bits per heavy atom. The van der Waals surface area contributed by atoms with Crippen LogP contribution in [0.3, 0.4) is 0 Å². The van der Waals surface area contributed by atoms with E-state index in [-0.39, 0.29) is 12.7 Å². The number of rotatable bonds is 7. The predicted molar refractivity (Wildman–Crippen MR) is 152 cm³/mol. The van der Waals surface area contributed by atoms with Gasteiger partial charge in [-0.2, -0.15) is 0 Å². The molecule has 0 fully saturated rings. The van der Waals surface area contributed by atoms with Crippen LogP contribution in [-0.4, -0.2) is 51.9 Å². The summed E-state index contributed by atoms with van der Waals surface area (Å²) >= 11 is 0. The van der Waals surface area contributed by atoms with Crippen LogP contribution in [0, 0.1) is 5.92 Å². The molecule has 0 bridgehead atoms. The fourth-order valence-electron chi connectivity index (χ4n) is 5.68. The molecular weight excluding hydrogens is 528 g/mol.